The molecule has 0 radical (unpaired) electrons. The van der Waals surface area contributed by atoms with Crippen LogP contribution in [0.15, 0.2) is 18.2 Å². The Morgan fingerprint density at radius 1 is 1.48 bits per heavy atom. The van der Waals surface area contributed by atoms with Crippen molar-refractivity contribution in [3.05, 3.63) is 23.8 Å². The molecule has 116 valence electrons. The number of ether oxygens (including phenoxy) is 1. The molecule has 6 nitrogen and oxygen atoms in total. The van der Waals surface area contributed by atoms with E-state index < -0.39 is 5.97 Å². The number of rotatable bonds is 6. The third-order valence-electron chi connectivity index (χ3n) is 3.09. The van der Waals surface area contributed by atoms with Gasteiger partial charge in [-0.1, -0.05) is 0 Å². The topological polar surface area (TPSA) is 78.9 Å². The summed E-state index contributed by atoms with van der Waals surface area (Å²) in [7, 11) is 3.16. The van der Waals surface area contributed by atoms with Crippen LogP contribution < -0.4 is 10.1 Å². The van der Waals surface area contributed by atoms with E-state index in [9.17, 15) is 9.59 Å². The number of methoxy groups -OCH3 is 1. The maximum Gasteiger partial charge on any atom is 0.337 e. The molecular weight excluding hydrogens is 292 g/mol. The first-order valence-electron chi connectivity index (χ1n) is 6.34. The largest absolute Gasteiger partial charge is 0.497 e. The second-order valence-electron chi connectivity index (χ2n) is 4.56. The van der Waals surface area contributed by atoms with Gasteiger partial charge >= 0.3 is 12.0 Å². The molecule has 1 aromatic carbocycles. The standard InChI is InChI=1S/C14H20N2O4S/c1-9(8-21-4)16(2)14(19)15-12-7-10(20-3)5-6-11(12)13(17)18/h5-7,9H,8H2,1-4H3,(H,15,19)(H,17,18). The number of nitrogens with one attached hydrogen (secondary N) is 1. The average Bonchev–Trinajstić information content (AvgIpc) is 2.46. The van der Waals surface area contributed by atoms with E-state index in [1.165, 1.54) is 19.2 Å². The first-order valence-corrected chi connectivity index (χ1v) is 7.74. The molecule has 0 saturated carbocycles. The Hall–Kier alpha value is -1.89. The molecule has 1 aromatic rings. The minimum atomic E-state index is -1.10. The molecule has 7 heteroatoms. The zero-order valence-electron chi connectivity index (χ0n) is 12.5. The van der Waals surface area contributed by atoms with E-state index in [4.69, 9.17) is 9.84 Å². The van der Waals surface area contributed by atoms with Gasteiger partial charge in [-0.25, -0.2) is 9.59 Å². The lowest BCUT2D eigenvalue weighted by Crippen LogP contribution is -2.39. The van der Waals surface area contributed by atoms with E-state index in [1.54, 1.807) is 29.8 Å². The Kier molecular flexibility index (Phi) is 6.36. The fourth-order valence-electron chi connectivity index (χ4n) is 1.70. The number of carbonyl (C=O) groups is 2. The summed E-state index contributed by atoms with van der Waals surface area (Å²) in [6, 6.07) is 4.13. The van der Waals surface area contributed by atoms with Gasteiger partial charge in [-0.15, -0.1) is 0 Å². The molecule has 0 fully saturated rings. The van der Waals surface area contributed by atoms with Crippen molar-refractivity contribution in [3.63, 3.8) is 0 Å². The van der Waals surface area contributed by atoms with E-state index in [0.29, 0.717) is 5.75 Å². The Morgan fingerprint density at radius 2 is 2.14 bits per heavy atom. The number of urea groups is 1. The summed E-state index contributed by atoms with van der Waals surface area (Å²) in [4.78, 5) is 24.9. The smallest absolute Gasteiger partial charge is 0.337 e. The lowest BCUT2D eigenvalue weighted by atomic mass is 10.1. The molecule has 21 heavy (non-hydrogen) atoms. The highest BCUT2D eigenvalue weighted by Crippen LogP contribution is 2.23. The van der Waals surface area contributed by atoms with Crippen LogP contribution >= 0.6 is 11.8 Å². The molecule has 1 atom stereocenters. The highest BCUT2D eigenvalue weighted by Gasteiger charge is 2.18. The van der Waals surface area contributed by atoms with Gasteiger partial charge in [-0.3, -0.25) is 0 Å². The summed E-state index contributed by atoms with van der Waals surface area (Å²) in [5.74, 6) is 0.177. The molecule has 0 saturated heterocycles. The van der Waals surface area contributed by atoms with Gasteiger partial charge in [-0.2, -0.15) is 11.8 Å². The van der Waals surface area contributed by atoms with Crippen molar-refractivity contribution in [2.45, 2.75) is 13.0 Å². The quantitative estimate of drug-likeness (QED) is 0.844. The third-order valence-corrected chi connectivity index (χ3v) is 3.90. The lowest BCUT2D eigenvalue weighted by molar-refractivity contribution is 0.0698. The van der Waals surface area contributed by atoms with E-state index in [1.807, 2.05) is 13.2 Å². The summed E-state index contributed by atoms with van der Waals surface area (Å²) in [5.41, 5.74) is 0.241. The predicted molar refractivity (Wildman–Crippen MR) is 84.6 cm³/mol. The average molecular weight is 312 g/mol. The summed E-state index contributed by atoms with van der Waals surface area (Å²) in [6.45, 7) is 1.93. The molecule has 0 spiro atoms. The van der Waals surface area contributed by atoms with E-state index in [2.05, 4.69) is 5.32 Å². The van der Waals surface area contributed by atoms with Crippen LogP contribution in [-0.4, -0.2) is 54.2 Å². The number of nitrogens with zero attached hydrogens (tertiary/aromatic N) is 1. The van der Waals surface area contributed by atoms with Gasteiger partial charge in [0.25, 0.3) is 0 Å². The number of carbonyl (C=O) groups excluding carboxylic acids is 1. The summed E-state index contributed by atoms with van der Waals surface area (Å²) in [6.07, 6.45) is 1.97. The molecule has 0 aromatic heterocycles. The number of aromatic carboxylic acids is 1. The zero-order chi connectivity index (χ0) is 16.0. The van der Waals surface area contributed by atoms with Crippen molar-refractivity contribution < 1.29 is 19.4 Å². The minimum absolute atomic E-state index is 0.0232. The number of hydrogen-bond donors (Lipinski definition) is 2. The molecule has 1 unspecified atom stereocenters. The van der Waals surface area contributed by atoms with Crippen LogP contribution in [0, 0.1) is 0 Å². The molecule has 0 aliphatic carbocycles. The van der Waals surface area contributed by atoms with Gasteiger partial charge in [-0.05, 0) is 25.3 Å². The molecule has 0 heterocycles. The molecule has 2 N–H and O–H groups in total. The number of hydrogen-bond acceptors (Lipinski definition) is 4. The van der Waals surface area contributed by atoms with Crippen LogP contribution in [0.1, 0.15) is 17.3 Å². The molecule has 1 rings (SSSR count). The van der Waals surface area contributed by atoms with Crippen LogP contribution in [0.3, 0.4) is 0 Å². The minimum Gasteiger partial charge on any atom is -0.497 e. The molecule has 2 amide bonds. The first kappa shape index (κ1) is 17.2. The normalized spacial score (nSPS) is 11.6. The van der Waals surface area contributed by atoms with Crippen LogP contribution in [-0.2, 0) is 0 Å². The number of anilines is 1. The summed E-state index contributed by atoms with van der Waals surface area (Å²) in [5, 5.41) is 11.8. The van der Waals surface area contributed by atoms with Gasteiger partial charge in [0.05, 0.1) is 18.4 Å². The predicted octanol–water partition coefficient (Wildman–Crippen LogP) is 2.61. The Balaban J connectivity index is 2.95. The highest BCUT2D eigenvalue weighted by atomic mass is 32.2. The van der Waals surface area contributed by atoms with Gasteiger partial charge in [0, 0.05) is 24.9 Å². The van der Waals surface area contributed by atoms with Crippen LogP contribution in [0.5, 0.6) is 5.75 Å². The van der Waals surface area contributed by atoms with Crippen molar-refractivity contribution in [2.75, 3.05) is 31.5 Å². The number of carboxylic acids is 1. The highest BCUT2D eigenvalue weighted by molar-refractivity contribution is 7.98. The molecule has 0 aliphatic heterocycles. The zero-order valence-corrected chi connectivity index (χ0v) is 13.4. The van der Waals surface area contributed by atoms with E-state index in [-0.39, 0.29) is 23.3 Å². The second-order valence-corrected chi connectivity index (χ2v) is 5.47. The van der Waals surface area contributed by atoms with Crippen molar-refractivity contribution in [3.8, 4) is 5.75 Å². The number of benzene rings is 1. The Bertz CT molecular complexity index is 522. The molecule has 0 aliphatic rings. The summed E-state index contributed by atoms with van der Waals surface area (Å²) < 4.78 is 5.06. The van der Waals surface area contributed by atoms with E-state index in [0.717, 1.165) is 5.75 Å². The molecule has 0 bridgehead atoms. The summed E-state index contributed by atoms with van der Waals surface area (Å²) >= 11 is 1.64. The number of amides is 2. The lowest BCUT2D eigenvalue weighted by Gasteiger charge is -2.25. The van der Waals surface area contributed by atoms with Gasteiger partial charge in [0.1, 0.15) is 5.75 Å². The Labute approximate surface area is 128 Å². The maximum absolute atomic E-state index is 12.2. The van der Waals surface area contributed by atoms with E-state index >= 15 is 0 Å². The number of carboxylic acid groups (broad SMARTS) is 1. The first-order chi connectivity index (χ1) is 9.90. The van der Waals surface area contributed by atoms with Crippen molar-refractivity contribution in [1.82, 2.24) is 4.90 Å². The van der Waals surface area contributed by atoms with Crippen LogP contribution in [0.25, 0.3) is 0 Å². The molecular formula is C14H20N2O4S. The fraction of sp³-hybridized carbons (Fsp3) is 0.429. The van der Waals surface area contributed by atoms with Crippen molar-refractivity contribution in [1.29, 1.82) is 0 Å². The van der Waals surface area contributed by atoms with Gasteiger partial charge in [0.2, 0.25) is 0 Å². The Morgan fingerprint density at radius 3 is 2.67 bits per heavy atom. The SMILES string of the molecule is COc1ccc(C(=O)O)c(NC(=O)N(C)C(C)CSC)c1. The second kappa shape index (κ2) is 7.78. The maximum atomic E-state index is 12.2. The monoisotopic (exact) mass is 312 g/mol. The fourth-order valence-corrected chi connectivity index (χ4v) is 2.40. The third kappa shape index (κ3) is 4.56. The van der Waals surface area contributed by atoms with Crippen LogP contribution in [0.4, 0.5) is 10.5 Å². The number of thioether (sulfide) groups is 1. The van der Waals surface area contributed by atoms with Crippen molar-refractivity contribution >= 4 is 29.4 Å². The van der Waals surface area contributed by atoms with Crippen LogP contribution in [0.2, 0.25) is 0 Å². The van der Waals surface area contributed by atoms with Crippen molar-refractivity contribution in [2.24, 2.45) is 0 Å². The van der Waals surface area contributed by atoms with Gasteiger partial charge in [0.15, 0.2) is 0 Å². The van der Waals surface area contributed by atoms with Gasteiger partial charge < -0.3 is 20.1 Å².